The summed E-state index contributed by atoms with van der Waals surface area (Å²) in [4.78, 5) is 32.7. The number of hydrogen-bond donors (Lipinski definition) is 0. The number of hydroxylamine groups is 1. The summed E-state index contributed by atoms with van der Waals surface area (Å²) in [5.41, 5.74) is 0.193. The number of carbonyl (C=O) groups is 2. The van der Waals surface area contributed by atoms with Crippen molar-refractivity contribution in [2.75, 3.05) is 19.3 Å². The number of hydrogen-bond acceptors (Lipinski definition) is 6. The van der Waals surface area contributed by atoms with Crippen LogP contribution in [0.2, 0.25) is 0 Å². The monoisotopic (exact) mass is 423 g/mol. The molecular weight excluding hydrogens is 394 g/mol. The number of nitrogens with zero attached hydrogens (tertiary/aromatic N) is 1. The van der Waals surface area contributed by atoms with Gasteiger partial charge in [0, 0.05) is 6.42 Å². The fourth-order valence-corrected chi connectivity index (χ4v) is 4.26. The first-order chi connectivity index (χ1) is 14.9. The van der Waals surface area contributed by atoms with Gasteiger partial charge in [0.25, 0.3) is 0 Å². The van der Waals surface area contributed by atoms with Crippen LogP contribution in [-0.4, -0.2) is 38.3 Å². The smallest absolute Gasteiger partial charge is 0.325 e. The minimum absolute atomic E-state index is 0.113. The lowest BCUT2D eigenvalue weighted by Crippen LogP contribution is -2.64. The van der Waals surface area contributed by atoms with Crippen molar-refractivity contribution in [3.8, 4) is 0 Å². The van der Waals surface area contributed by atoms with Gasteiger partial charge in [-0.15, -0.1) is 0 Å². The second-order valence-corrected chi connectivity index (χ2v) is 7.92. The number of carbonyl (C=O) groups excluding carboxylic acids is 2. The Kier molecular flexibility index (Phi) is 7.13. The highest BCUT2D eigenvalue weighted by atomic mass is 16.7. The van der Waals surface area contributed by atoms with Gasteiger partial charge in [-0.25, -0.2) is 5.06 Å². The molecule has 2 aromatic rings. The van der Waals surface area contributed by atoms with Crippen molar-refractivity contribution in [2.45, 2.75) is 32.4 Å². The quantitative estimate of drug-likeness (QED) is 0.511. The predicted molar refractivity (Wildman–Crippen MR) is 119 cm³/mol. The highest BCUT2D eigenvalue weighted by molar-refractivity contribution is 6.01. The van der Waals surface area contributed by atoms with Crippen molar-refractivity contribution >= 4 is 23.7 Å². The van der Waals surface area contributed by atoms with Crippen molar-refractivity contribution in [1.29, 1.82) is 0 Å². The highest BCUT2D eigenvalue weighted by Crippen LogP contribution is 2.45. The molecule has 3 rings (SSSR count). The summed E-state index contributed by atoms with van der Waals surface area (Å²) in [6, 6.07) is 18.6. The molecule has 0 amide bonds. The third-order valence-corrected chi connectivity index (χ3v) is 5.57. The first-order valence-electron chi connectivity index (χ1n) is 10.3. The molecule has 164 valence electrons. The lowest BCUT2D eigenvalue weighted by Gasteiger charge is -2.50. The lowest BCUT2D eigenvalue weighted by atomic mass is 9.70. The third-order valence-electron chi connectivity index (χ3n) is 5.57. The normalized spacial score (nSPS) is 20.6. The molecule has 1 aliphatic heterocycles. The molecule has 1 heterocycles. The molecule has 2 atom stereocenters. The summed E-state index contributed by atoms with van der Waals surface area (Å²) in [7, 11) is 2.59. The molecule has 2 aromatic carbocycles. The molecule has 0 aromatic heterocycles. The summed E-state index contributed by atoms with van der Waals surface area (Å²) in [6.07, 6.45) is 3.35. The Bertz CT molecular complexity index is 894. The Labute approximate surface area is 183 Å². The molecule has 0 bridgehead atoms. The average Bonchev–Trinajstić information content (AvgIpc) is 2.81. The molecule has 31 heavy (non-hydrogen) atoms. The van der Waals surface area contributed by atoms with E-state index in [0.717, 1.165) is 11.3 Å². The molecule has 0 spiro atoms. The second kappa shape index (κ2) is 9.79. The number of benzene rings is 2. The van der Waals surface area contributed by atoms with Crippen LogP contribution in [0.15, 0.2) is 66.7 Å². The van der Waals surface area contributed by atoms with Crippen molar-refractivity contribution < 1.29 is 23.9 Å². The van der Waals surface area contributed by atoms with Gasteiger partial charge in [-0.3, -0.25) is 14.4 Å². The predicted octanol–water partition coefficient (Wildman–Crippen LogP) is 4.27. The van der Waals surface area contributed by atoms with Crippen LogP contribution in [0.3, 0.4) is 0 Å². The van der Waals surface area contributed by atoms with Crippen LogP contribution >= 0.6 is 0 Å². The van der Waals surface area contributed by atoms with E-state index in [9.17, 15) is 9.59 Å². The summed E-state index contributed by atoms with van der Waals surface area (Å²) in [5.74, 6) is -1.36. The van der Waals surface area contributed by atoms with Crippen LogP contribution in [0.1, 0.15) is 25.8 Å². The van der Waals surface area contributed by atoms with E-state index in [1.807, 2.05) is 86.7 Å². The Morgan fingerprint density at radius 3 is 2.06 bits per heavy atom. The Morgan fingerprint density at radius 2 is 1.55 bits per heavy atom. The van der Waals surface area contributed by atoms with Crippen molar-refractivity contribution in [3.63, 3.8) is 0 Å². The number of anilines is 1. The number of ether oxygens (including phenoxy) is 2. The lowest BCUT2D eigenvalue weighted by molar-refractivity contribution is -0.185. The maximum atomic E-state index is 13.2. The number of rotatable bonds is 6. The maximum absolute atomic E-state index is 13.2. The van der Waals surface area contributed by atoms with E-state index in [1.165, 1.54) is 14.2 Å². The Balaban J connectivity index is 2.12. The SMILES string of the molecule is COC(=O)C1(C(=O)OC)C[C@H](/C=C/c2ccccc2)ON(c2ccccc2)[C@@H]1C(C)C. The average molecular weight is 424 g/mol. The van der Waals surface area contributed by atoms with Crippen LogP contribution in [0.5, 0.6) is 0 Å². The van der Waals surface area contributed by atoms with Crippen LogP contribution in [0, 0.1) is 11.3 Å². The number of esters is 2. The van der Waals surface area contributed by atoms with E-state index in [1.54, 1.807) is 5.06 Å². The van der Waals surface area contributed by atoms with E-state index in [4.69, 9.17) is 14.3 Å². The van der Waals surface area contributed by atoms with Gasteiger partial charge in [0.05, 0.1) is 25.9 Å². The fraction of sp³-hybridized carbons (Fsp3) is 0.360. The van der Waals surface area contributed by atoms with E-state index >= 15 is 0 Å². The standard InChI is InChI=1S/C25H29NO5/c1-18(2)22-25(23(27)29-3,24(28)30-4)17-21(16-15-19-11-7-5-8-12-19)31-26(22)20-13-9-6-10-14-20/h5-16,18,21-22H,17H2,1-4H3/b16-15+/t21-,22+/m0/s1. The summed E-state index contributed by atoms with van der Waals surface area (Å²) in [5, 5.41) is 1.67. The topological polar surface area (TPSA) is 65.1 Å². The molecule has 0 radical (unpaired) electrons. The molecule has 0 saturated carbocycles. The zero-order valence-corrected chi connectivity index (χ0v) is 18.4. The van der Waals surface area contributed by atoms with Gasteiger partial charge in [-0.05, 0) is 23.6 Å². The molecule has 0 N–H and O–H groups in total. The van der Waals surface area contributed by atoms with E-state index in [0.29, 0.717) is 0 Å². The van der Waals surface area contributed by atoms with Gasteiger partial charge in [-0.1, -0.05) is 74.5 Å². The second-order valence-electron chi connectivity index (χ2n) is 7.92. The summed E-state index contributed by atoms with van der Waals surface area (Å²) >= 11 is 0. The first-order valence-corrected chi connectivity index (χ1v) is 10.3. The Morgan fingerprint density at radius 1 is 1.00 bits per heavy atom. The van der Waals surface area contributed by atoms with Crippen LogP contribution in [-0.2, 0) is 23.9 Å². The van der Waals surface area contributed by atoms with Crippen LogP contribution in [0.25, 0.3) is 6.08 Å². The van der Waals surface area contributed by atoms with Crippen molar-refractivity contribution in [3.05, 3.63) is 72.3 Å². The molecule has 0 unspecified atom stereocenters. The zero-order chi connectivity index (χ0) is 22.4. The van der Waals surface area contributed by atoms with Gasteiger partial charge in [0.2, 0.25) is 0 Å². The number of para-hydroxylation sites is 1. The maximum Gasteiger partial charge on any atom is 0.325 e. The summed E-state index contributed by atoms with van der Waals surface area (Å²) < 4.78 is 10.3. The first kappa shape index (κ1) is 22.6. The molecular formula is C25H29NO5. The molecule has 1 aliphatic rings. The van der Waals surface area contributed by atoms with Gasteiger partial charge in [0.15, 0.2) is 5.41 Å². The zero-order valence-electron chi connectivity index (χ0n) is 18.4. The van der Waals surface area contributed by atoms with E-state index in [2.05, 4.69) is 0 Å². The molecule has 0 aliphatic carbocycles. The van der Waals surface area contributed by atoms with Gasteiger partial charge < -0.3 is 9.47 Å². The minimum atomic E-state index is -1.54. The van der Waals surface area contributed by atoms with Gasteiger partial charge in [0.1, 0.15) is 6.10 Å². The van der Waals surface area contributed by atoms with E-state index < -0.39 is 29.5 Å². The van der Waals surface area contributed by atoms with Gasteiger partial charge >= 0.3 is 11.9 Å². The molecule has 6 heteroatoms. The van der Waals surface area contributed by atoms with Crippen LogP contribution < -0.4 is 5.06 Å². The summed E-state index contributed by atoms with van der Waals surface area (Å²) in [6.45, 7) is 3.90. The fourth-order valence-electron chi connectivity index (χ4n) is 4.26. The Hall–Kier alpha value is -3.12. The largest absolute Gasteiger partial charge is 0.468 e. The van der Waals surface area contributed by atoms with Crippen LogP contribution in [0.4, 0.5) is 5.69 Å². The molecule has 6 nitrogen and oxygen atoms in total. The number of methoxy groups -OCH3 is 2. The van der Waals surface area contributed by atoms with Crippen molar-refractivity contribution in [2.24, 2.45) is 11.3 Å². The van der Waals surface area contributed by atoms with Gasteiger partial charge in [-0.2, -0.15) is 0 Å². The minimum Gasteiger partial charge on any atom is -0.468 e. The highest BCUT2D eigenvalue weighted by Gasteiger charge is 2.61. The molecule has 1 saturated heterocycles. The van der Waals surface area contributed by atoms with E-state index in [-0.39, 0.29) is 12.3 Å². The third kappa shape index (κ3) is 4.49. The molecule has 1 fully saturated rings. The van der Waals surface area contributed by atoms with Crippen molar-refractivity contribution in [1.82, 2.24) is 0 Å².